The quantitative estimate of drug-likeness (QED) is 0.518. The van der Waals surface area contributed by atoms with Crippen LogP contribution in [0.5, 0.6) is 5.75 Å². The Balaban J connectivity index is 2.30. The second kappa shape index (κ2) is 8.11. The lowest BCUT2D eigenvalue weighted by Crippen LogP contribution is -2.17. The van der Waals surface area contributed by atoms with Gasteiger partial charge >= 0.3 is 0 Å². The third kappa shape index (κ3) is 4.32. The fraction of sp³-hybridized carbons (Fsp3) is 0.333. The predicted octanol–water partition coefficient (Wildman–Crippen LogP) is 6.13. The zero-order valence-electron chi connectivity index (χ0n) is 11.8. The fourth-order valence-corrected chi connectivity index (χ4v) is 5.49. The largest absolute Gasteiger partial charge is 0.492 e. The van der Waals surface area contributed by atoms with Crippen molar-refractivity contribution in [2.75, 3.05) is 13.7 Å². The van der Waals surface area contributed by atoms with Gasteiger partial charge in [-0.05, 0) is 90.6 Å². The normalized spacial score (nSPS) is 12.4. The van der Waals surface area contributed by atoms with Gasteiger partial charge in [-0.2, -0.15) is 0 Å². The maximum Gasteiger partial charge on any atom is 0.133 e. The first-order valence-corrected chi connectivity index (χ1v) is 9.80. The molecule has 114 valence electrons. The van der Waals surface area contributed by atoms with Gasteiger partial charge in [-0.3, -0.25) is 0 Å². The van der Waals surface area contributed by atoms with Gasteiger partial charge in [-0.1, -0.05) is 13.0 Å². The van der Waals surface area contributed by atoms with Crippen LogP contribution in [-0.4, -0.2) is 13.7 Å². The first-order chi connectivity index (χ1) is 10.1. The van der Waals surface area contributed by atoms with E-state index in [-0.39, 0.29) is 6.04 Å². The van der Waals surface area contributed by atoms with E-state index < -0.39 is 0 Å². The van der Waals surface area contributed by atoms with Crippen LogP contribution < -0.4 is 10.1 Å². The molecule has 0 amide bonds. The Kier molecular flexibility index (Phi) is 6.75. The van der Waals surface area contributed by atoms with Crippen molar-refractivity contribution in [3.05, 3.63) is 47.4 Å². The fourth-order valence-electron chi connectivity index (χ4n) is 2.08. The first kappa shape index (κ1) is 17.5. The third-order valence-corrected chi connectivity index (χ3v) is 6.04. The van der Waals surface area contributed by atoms with Crippen LogP contribution in [0, 0.1) is 0 Å². The van der Waals surface area contributed by atoms with Crippen molar-refractivity contribution < 1.29 is 4.74 Å². The highest BCUT2D eigenvalue weighted by Crippen LogP contribution is 2.39. The first-order valence-electron chi connectivity index (χ1n) is 6.61. The molecule has 0 radical (unpaired) electrons. The van der Waals surface area contributed by atoms with Crippen molar-refractivity contribution in [3.8, 4) is 5.75 Å². The zero-order chi connectivity index (χ0) is 15.4. The van der Waals surface area contributed by atoms with Crippen molar-refractivity contribution in [3.63, 3.8) is 0 Å². The molecule has 0 saturated carbocycles. The van der Waals surface area contributed by atoms with Crippen molar-refractivity contribution in [2.45, 2.75) is 19.4 Å². The Morgan fingerprint density at radius 1 is 1.24 bits per heavy atom. The van der Waals surface area contributed by atoms with Crippen LogP contribution >= 0.6 is 59.1 Å². The summed E-state index contributed by atoms with van der Waals surface area (Å²) in [5, 5.41) is 3.37. The van der Waals surface area contributed by atoms with Gasteiger partial charge in [0.15, 0.2) is 0 Å². The maximum atomic E-state index is 5.71. The summed E-state index contributed by atoms with van der Waals surface area (Å²) in [7, 11) is 1.97. The van der Waals surface area contributed by atoms with E-state index in [1.807, 2.05) is 13.1 Å². The van der Waals surface area contributed by atoms with Crippen molar-refractivity contribution in [1.29, 1.82) is 0 Å². The second-order valence-electron chi connectivity index (χ2n) is 4.54. The van der Waals surface area contributed by atoms with E-state index >= 15 is 0 Å². The summed E-state index contributed by atoms with van der Waals surface area (Å²) < 4.78 is 8.94. The van der Waals surface area contributed by atoms with Gasteiger partial charge < -0.3 is 10.1 Å². The van der Waals surface area contributed by atoms with Gasteiger partial charge in [0, 0.05) is 0 Å². The lowest BCUT2D eigenvalue weighted by molar-refractivity contribution is 0.315. The monoisotopic (exact) mass is 495 g/mol. The number of halogens is 3. The van der Waals surface area contributed by atoms with Crippen molar-refractivity contribution >= 4 is 59.1 Å². The minimum atomic E-state index is 0.137. The predicted molar refractivity (Wildman–Crippen MR) is 101 cm³/mol. The standard InChI is InChI=1S/C15H16Br3NOS/c1-3-6-20-12-5-4-9(7-11(12)16)14(19-2)10-8-13(17)21-15(10)18/h4-5,7-8,14,19H,3,6H2,1-2H3. The highest BCUT2D eigenvalue weighted by Gasteiger charge is 2.18. The molecule has 1 aromatic carbocycles. The van der Waals surface area contributed by atoms with E-state index in [0.717, 1.165) is 30.8 Å². The molecule has 2 rings (SSSR count). The summed E-state index contributed by atoms with van der Waals surface area (Å²) in [6.07, 6.45) is 1.00. The van der Waals surface area contributed by atoms with Gasteiger partial charge in [0.1, 0.15) is 5.75 Å². The summed E-state index contributed by atoms with van der Waals surface area (Å²) in [6, 6.07) is 8.53. The Morgan fingerprint density at radius 2 is 2.00 bits per heavy atom. The van der Waals surface area contributed by atoms with Gasteiger partial charge in [0.2, 0.25) is 0 Å². The molecule has 0 aliphatic rings. The highest BCUT2D eigenvalue weighted by molar-refractivity contribution is 9.12. The molecule has 0 bridgehead atoms. The summed E-state index contributed by atoms with van der Waals surface area (Å²) >= 11 is 12.5. The Labute approximate surface area is 154 Å². The molecule has 0 fully saturated rings. The maximum absolute atomic E-state index is 5.71. The van der Waals surface area contributed by atoms with Crippen LogP contribution in [0.15, 0.2) is 36.3 Å². The van der Waals surface area contributed by atoms with E-state index in [2.05, 4.69) is 78.2 Å². The van der Waals surface area contributed by atoms with E-state index in [0.29, 0.717) is 0 Å². The number of ether oxygens (including phenoxy) is 1. The minimum absolute atomic E-state index is 0.137. The third-order valence-electron chi connectivity index (χ3n) is 3.03. The molecule has 6 heteroatoms. The second-order valence-corrected chi connectivity index (χ2v) is 9.14. The smallest absolute Gasteiger partial charge is 0.133 e. The molecule has 1 atom stereocenters. The van der Waals surface area contributed by atoms with E-state index in [9.17, 15) is 0 Å². The van der Waals surface area contributed by atoms with Crippen LogP contribution in [0.1, 0.15) is 30.5 Å². The van der Waals surface area contributed by atoms with E-state index in [4.69, 9.17) is 4.74 Å². The van der Waals surface area contributed by atoms with Crippen LogP contribution in [0.2, 0.25) is 0 Å². The molecule has 0 spiro atoms. The summed E-state index contributed by atoms with van der Waals surface area (Å²) in [5.74, 6) is 0.890. The lowest BCUT2D eigenvalue weighted by Gasteiger charge is -2.18. The van der Waals surface area contributed by atoms with Crippen molar-refractivity contribution in [1.82, 2.24) is 5.32 Å². The van der Waals surface area contributed by atoms with Crippen molar-refractivity contribution in [2.24, 2.45) is 0 Å². The molecule has 1 aromatic heterocycles. The average molecular weight is 498 g/mol. The molecular weight excluding hydrogens is 482 g/mol. The number of hydrogen-bond donors (Lipinski definition) is 1. The van der Waals surface area contributed by atoms with Gasteiger partial charge in [0.25, 0.3) is 0 Å². The molecule has 0 aliphatic carbocycles. The average Bonchev–Trinajstić information content (AvgIpc) is 2.78. The number of thiophene rings is 1. The molecule has 2 aromatic rings. The van der Waals surface area contributed by atoms with Gasteiger partial charge in [-0.15, -0.1) is 11.3 Å². The molecule has 21 heavy (non-hydrogen) atoms. The van der Waals surface area contributed by atoms with Gasteiger partial charge in [0.05, 0.1) is 24.7 Å². The molecule has 2 nitrogen and oxygen atoms in total. The Morgan fingerprint density at radius 3 is 2.52 bits per heavy atom. The molecule has 1 N–H and O–H groups in total. The summed E-state index contributed by atoms with van der Waals surface area (Å²) in [4.78, 5) is 0. The Hall–Kier alpha value is 0.120. The molecule has 1 heterocycles. The van der Waals surface area contributed by atoms with Crippen LogP contribution in [-0.2, 0) is 0 Å². The van der Waals surface area contributed by atoms with Gasteiger partial charge in [-0.25, -0.2) is 0 Å². The zero-order valence-corrected chi connectivity index (χ0v) is 17.3. The number of hydrogen-bond acceptors (Lipinski definition) is 3. The highest BCUT2D eigenvalue weighted by atomic mass is 79.9. The lowest BCUT2D eigenvalue weighted by atomic mass is 10.0. The molecule has 0 aliphatic heterocycles. The minimum Gasteiger partial charge on any atom is -0.492 e. The number of rotatable bonds is 6. The van der Waals surface area contributed by atoms with Crippen LogP contribution in [0.4, 0.5) is 0 Å². The Bertz CT molecular complexity index is 615. The van der Waals surface area contributed by atoms with Crippen LogP contribution in [0.3, 0.4) is 0 Å². The molecule has 0 saturated heterocycles. The van der Waals surface area contributed by atoms with Crippen LogP contribution in [0.25, 0.3) is 0 Å². The number of nitrogens with one attached hydrogen (secondary N) is 1. The number of benzene rings is 1. The molecule has 1 unspecified atom stereocenters. The SMILES string of the molecule is CCCOc1ccc(C(NC)c2cc(Br)sc2Br)cc1Br. The topological polar surface area (TPSA) is 21.3 Å². The summed E-state index contributed by atoms with van der Waals surface area (Å²) in [6.45, 7) is 2.84. The molecular formula is C15H16Br3NOS. The summed E-state index contributed by atoms with van der Waals surface area (Å²) in [5.41, 5.74) is 2.42. The van der Waals surface area contributed by atoms with E-state index in [1.165, 1.54) is 11.1 Å². The van der Waals surface area contributed by atoms with E-state index in [1.54, 1.807) is 11.3 Å².